The SMILES string of the molecule is CO/N=C(\C(=O)N[C@@H]1C(=O)N2C(C(=O)[O-])=C(CSc3nnc(-c4ccc(OC(C)=O)c(OC(C)=O)c4)o3)CS[C@H]12)c1csc(N)n1.[Na+]. The number of fused-ring (bicyclic) bond motifs is 1. The Bertz CT molecular complexity index is 1810. The van der Waals surface area contributed by atoms with Crippen LogP contribution in [0.25, 0.3) is 11.5 Å². The van der Waals surface area contributed by atoms with Crippen LogP contribution in [0.1, 0.15) is 19.5 Å². The standard InChI is InChI=1S/C26H23N7O10S3.Na/c1-10(34)41-15-5-4-12(6-16(15)42-11(2)35)21-30-31-26(43-21)46-8-13-7-44-23-18(22(37)33(23)19(13)24(38)39)29-20(36)17(32-40-3)14-9-45-25(27)28-14;/h4-6,9,18,23H,7-8H2,1-3H3,(H2,27,28)(H,29,36)(H,38,39);/q;+1/p-1/b32-17-;/t18-,23-;/m1./s1. The molecular weight excluding hydrogens is 690 g/mol. The Kier molecular flexibility index (Phi) is 11.7. The molecular formula is C26H22N7NaO10S3. The second-order valence-corrected chi connectivity index (χ2v) is 12.2. The summed E-state index contributed by atoms with van der Waals surface area (Å²) in [6.45, 7) is 2.38. The summed E-state index contributed by atoms with van der Waals surface area (Å²) >= 11 is 3.37. The predicted octanol–water partition coefficient (Wildman–Crippen LogP) is -2.82. The molecule has 5 rings (SSSR count). The molecule has 17 nitrogen and oxygen atoms in total. The predicted molar refractivity (Wildman–Crippen MR) is 160 cm³/mol. The van der Waals surface area contributed by atoms with Crippen molar-refractivity contribution >= 4 is 75.4 Å². The van der Waals surface area contributed by atoms with Gasteiger partial charge < -0.3 is 39.7 Å². The minimum Gasteiger partial charge on any atom is -0.543 e. The minimum absolute atomic E-state index is 0. The van der Waals surface area contributed by atoms with E-state index in [0.717, 1.165) is 28.0 Å². The van der Waals surface area contributed by atoms with Crippen LogP contribution in [0.3, 0.4) is 0 Å². The van der Waals surface area contributed by atoms with Gasteiger partial charge in [-0.3, -0.25) is 24.1 Å². The summed E-state index contributed by atoms with van der Waals surface area (Å²) < 4.78 is 15.9. The molecule has 2 atom stereocenters. The molecule has 1 aromatic carbocycles. The van der Waals surface area contributed by atoms with E-state index in [4.69, 9.17) is 24.5 Å². The van der Waals surface area contributed by atoms with Crippen molar-refractivity contribution in [3.8, 4) is 23.0 Å². The van der Waals surface area contributed by atoms with E-state index < -0.39 is 41.1 Å². The van der Waals surface area contributed by atoms with Gasteiger partial charge in [0.05, 0.1) is 11.7 Å². The smallest absolute Gasteiger partial charge is 0.543 e. The number of rotatable bonds is 11. The van der Waals surface area contributed by atoms with Gasteiger partial charge in [0.25, 0.3) is 17.0 Å². The van der Waals surface area contributed by atoms with E-state index in [9.17, 15) is 29.1 Å². The van der Waals surface area contributed by atoms with Gasteiger partial charge in [-0.05, 0) is 23.8 Å². The molecule has 47 heavy (non-hydrogen) atoms. The topological polar surface area (TPSA) is 242 Å². The van der Waals surface area contributed by atoms with Crippen LogP contribution in [0.4, 0.5) is 5.13 Å². The van der Waals surface area contributed by atoms with Crippen molar-refractivity contribution in [1.29, 1.82) is 0 Å². The number of nitrogens with one attached hydrogen (secondary N) is 1. The van der Waals surface area contributed by atoms with E-state index in [-0.39, 0.29) is 85.9 Å². The van der Waals surface area contributed by atoms with E-state index in [2.05, 4.69) is 25.7 Å². The molecule has 240 valence electrons. The number of thioether (sulfide) groups is 2. The molecule has 2 amide bonds. The Morgan fingerprint density at radius 1 is 1.19 bits per heavy atom. The summed E-state index contributed by atoms with van der Waals surface area (Å²) in [5, 5.41) is 27.5. The van der Waals surface area contributed by atoms with Gasteiger partial charge in [-0.2, -0.15) is 0 Å². The fraction of sp³-hybridized carbons (Fsp3) is 0.269. The molecule has 0 radical (unpaired) electrons. The van der Waals surface area contributed by atoms with Gasteiger partial charge in [-0.15, -0.1) is 33.3 Å². The number of oxime groups is 1. The molecule has 3 aromatic rings. The number of anilines is 1. The van der Waals surface area contributed by atoms with Crippen LogP contribution >= 0.6 is 34.9 Å². The molecule has 4 heterocycles. The number of thiazole rings is 1. The quantitative estimate of drug-likeness (QED) is 0.0388. The van der Waals surface area contributed by atoms with Gasteiger partial charge in [0.15, 0.2) is 22.3 Å². The Morgan fingerprint density at radius 3 is 2.55 bits per heavy atom. The molecule has 21 heteroatoms. The normalized spacial score (nSPS) is 17.2. The number of carbonyl (C=O) groups is 5. The van der Waals surface area contributed by atoms with Crippen molar-refractivity contribution in [2.45, 2.75) is 30.5 Å². The van der Waals surface area contributed by atoms with Crippen LogP contribution in [0.5, 0.6) is 11.5 Å². The van der Waals surface area contributed by atoms with Crippen LogP contribution in [0, 0.1) is 0 Å². The number of esters is 2. The molecule has 1 saturated heterocycles. The number of nitrogens with two attached hydrogens (primary N) is 1. The number of benzene rings is 1. The zero-order valence-electron chi connectivity index (χ0n) is 25.0. The molecule has 0 unspecified atom stereocenters. The third kappa shape index (κ3) is 7.96. The number of aliphatic carboxylic acids is 1. The number of hydrogen-bond acceptors (Lipinski definition) is 18. The average molecular weight is 712 g/mol. The first-order valence-electron chi connectivity index (χ1n) is 13.0. The molecule has 0 spiro atoms. The van der Waals surface area contributed by atoms with Crippen LogP contribution in [0.2, 0.25) is 0 Å². The fourth-order valence-corrected chi connectivity index (χ4v) is 7.13. The van der Waals surface area contributed by atoms with E-state index in [0.29, 0.717) is 11.1 Å². The molecule has 0 aliphatic carbocycles. The summed E-state index contributed by atoms with van der Waals surface area (Å²) in [6.07, 6.45) is 0. The Morgan fingerprint density at radius 2 is 1.91 bits per heavy atom. The van der Waals surface area contributed by atoms with Crippen molar-refractivity contribution in [3.63, 3.8) is 0 Å². The first kappa shape index (κ1) is 35.9. The van der Waals surface area contributed by atoms with Gasteiger partial charge in [0, 0.05) is 36.3 Å². The van der Waals surface area contributed by atoms with Gasteiger partial charge in [0.2, 0.25) is 5.89 Å². The summed E-state index contributed by atoms with van der Waals surface area (Å²) in [5.41, 5.74) is 6.02. The number of carbonyl (C=O) groups excluding carboxylic acids is 5. The van der Waals surface area contributed by atoms with E-state index in [1.165, 1.54) is 56.3 Å². The third-order valence-corrected chi connectivity index (χ3v) is 9.08. The molecule has 2 aromatic heterocycles. The van der Waals surface area contributed by atoms with E-state index >= 15 is 0 Å². The number of nitrogens with zero attached hydrogens (tertiary/aromatic N) is 5. The number of amides is 2. The third-order valence-electron chi connectivity index (χ3n) is 6.16. The molecule has 2 aliphatic rings. The average Bonchev–Trinajstić information content (AvgIpc) is 3.66. The number of hydrogen-bond donors (Lipinski definition) is 2. The van der Waals surface area contributed by atoms with Crippen molar-refractivity contribution in [3.05, 3.63) is 40.5 Å². The monoisotopic (exact) mass is 711 g/mol. The summed E-state index contributed by atoms with van der Waals surface area (Å²) in [7, 11) is 1.24. The summed E-state index contributed by atoms with van der Waals surface area (Å²) in [6, 6.07) is 3.26. The molecule has 3 N–H and O–H groups in total. The van der Waals surface area contributed by atoms with Gasteiger partial charge in [-0.25, -0.2) is 4.98 Å². The minimum atomic E-state index is -1.56. The number of carboxylic acid groups (broad SMARTS) is 1. The Labute approximate surface area is 299 Å². The Balaban J connectivity index is 0.00000500. The second kappa shape index (κ2) is 15.3. The van der Waals surface area contributed by atoms with Crippen molar-refractivity contribution in [2.75, 3.05) is 24.3 Å². The number of nitrogen functional groups attached to an aromatic ring is 1. The maximum atomic E-state index is 13.1. The van der Waals surface area contributed by atoms with Crippen LogP contribution in [-0.4, -0.2) is 85.5 Å². The number of carboxylic acids is 1. The molecule has 0 bridgehead atoms. The zero-order chi connectivity index (χ0) is 33.1. The maximum absolute atomic E-state index is 13.1. The number of β-lactam (4-membered cyclic amide) rings is 1. The molecule has 0 saturated carbocycles. The largest absolute Gasteiger partial charge is 1.00 e. The van der Waals surface area contributed by atoms with Crippen molar-refractivity contribution < 1.29 is 77.4 Å². The Hall–Kier alpha value is -3.95. The van der Waals surface area contributed by atoms with E-state index in [1.807, 2.05) is 0 Å². The summed E-state index contributed by atoms with van der Waals surface area (Å²) in [5.74, 6) is -3.92. The fourth-order valence-electron chi connectivity index (χ4n) is 4.33. The molecule has 1 fully saturated rings. The van der Waals surface area contributed by atoms with Crippen molar-refractivity contribution in [2.24, 2.45) is 5.16 Å². The molecule has 2 aliphatic heterocycles. The van der Waals surface area contributed by atoms with Crippen molar-refractivity contribution in [1.82, 2.24) is 25.4 Å². The summed E-state index contributed by atoms with van der Waals surface area (Å²) in [4.78, 5) is 70.9. The number of ether oxygens (including phenoxy) is 2. The van der Waals surface area contributed by atoms with Gasteiger partial charge >= 0.3 is 41.5 Å². The van der Waals surface area contributed by atoms with Crippen LogP contribution < -0.4 is 55.2 Å². The van der Waals surface area contributed by atoms with Gasteiger partial charge in [0.1, 0.15) is 24.2 Å². The maximum Gasteiger partial charge on any atom is 1.00 e. The first-order valence-corrected chi connectivity index (χ1v) is 15.9. The van der Waals surface area contributed by atoms with Crippen LogP contribution in [-0.2, 0) is 28.8 Å². The first-order chi connectivity index (χ1) is 22.0. The zero-order valence-corrected chi connectivity index (χ0v) is 29.4. The van der Waals surface area contributed by atoms with Gasteiger partial charge in [-0.1, -0.05) is 16.9 Å². The second-order valence-electron chi connectivity index (χ2n) is 9.30. The van der Waals surface area contributed by atoms with E-state index in [1.54, 1.807) is 0 Å². The number of aromatic nitrogens is 3. The van der Waals surface area contributed by atoms with Crippen LogP contribution in [0.15, 0.2) is 49.6 Å².